The minimum atomic E-state index is -0.139. The van der Waals surface area contributed by atoms with Gasteiger partial charge in [0.05, 0.1) is 12.2 Å². The maximum absolute atomic E-state index is 12.8. The molecule has 0 aliphatic carbocycles. The van der Waals surface area contributed by atoms with Gasteiger partial charge in [0.2, 0.25) is 0 Å². The van der Waals surface area contributed by atoms with Crippen LogP contribution < -0.4 is 10.1 Å². The van der Waals surface area contributed by atoms with Gasteiger partial charge in [0, 0.05) is 21.8 Å². The molecule has 0 saturated heterocycles. The summed E-state index contributed by atoms with van der Waals surface area (Å²) in [5.41, 5.74) is 1.63. The predicted molar refractivity (Wildman–Crippen MR) is 121 cm³/mol. The number of carbonyl (C=O) groups is 1. The number of nitrogens with one attached hydrogen (secondary N) is 1. The third-order valence-electron chi connectivity index (χ3n) is 4.83. The third-order valence-corrected chi connectivity index (χ3v) is 5.68. The molecule has 3 aromatic rings. The lowest BCUT2D eigenvalue weighted by Gasteiger charge is -2.14. The van der Waals surface area contributed by atoms with Crippen molar-refractivity contribution in [2.75, 3.05) is 13.2 Å². The van der Waals surface area contributed by atoms with Crippen LogP contribution >= 0.6 is 15.9 Å². The molecule has 0 bridgehead atoms. The van der Waals surface area contributed by atoms with Crippen LogP contribution in [-0.4, -0.2) is 24.2 Å². The zero-order chi connectivity index (χ0) is 20.6. The highest BCUT2D eigenvalue weighted by Crippen LogP contribution is 2.35. The van der Waals surface area contributed by atoms with Crippen molar-refractivity contribution in [3.05, 3.63) is 70.2 Å². The standard InChI is InChI=1S/C24H26BrNO3/c1-2-3-6-15-29-22-16-21(23(25)20-8-5-4-7-19(20)22)24(28)26-14-13-17-9-11-18(27)12-10-17/h4-5,7-12,16,27H,2-3,6,13-15H2,1H3,(H,26,28). The quantitative estimate of drug-likeness (QED) is 0.397. The number of phenols is 1. The lowest BCUT2D eigenvalue weighted by Crippen LogP contribution is -2.26. The Morgan fingerprint density at radius 3 is 2.52 bits per heavy atom. The molecule has 0 unspecified atom stereocenters. The number of phenolic OH excluding ortho intramolecular Hbond substituents is 1. The van der Waals surface area contributed by atoms with Crippen molar-refractivity contribution in [1.82, 2.24) is 5.32 Å². The Balaban J connectivity index is 1.75. The average molecular weight is 456 g/mol. The summed E-state index contributed by atoms with van der Waals surface area (Å²) in [5, 5.41) is 14.3. The number of benzene rings is 3. The van der Waals surface area contributed by atoms with E-state index in [1.807, 2.05) is 42.5 Å². The first-order valence-corrected chi connectivity index (χ1v) is 10.8. The van der Waals surface area contributed by atoms with Gasteiger partial charge in [-0.25, -0.2) is 0 Å². The summed E-state index contributed by atoms with van der Waals surface area (Å²) in [7, 11) is 0. The van der Waals surface area contributed by atoms with E-state index in [1.165, 1.54) is 0 Å². The van der Waals surface area contributed by atoms with Crippen LogP contribution in [0.5, 0.6) is 11.5 Å². The fourth-order valence-corrected chi connectivity index (χ4v) is 3.84. The van der Waals surface area contributed by atoms with E-state index in [0.717, 1.165) is 45.8 Å². The Labute approximate surface area is 180 Å². The molecule has 29 heavy (non-hydrogen) atoms. The minimum Gasteiger partial charge on any atom is -0.508 e. The van der Waals surface area contributed by atoms with E-state index in [4.69, 9.17) is 4.74 Å². The summed E-state index contributed by atoms with van der Waals surface area (Å²) in [5.74, 6) is 0.841. The second kappa shape index (κ2) is 10.3. The highest BCUT2D eigenvalue weighted by atomic mass is 79.9. The first-order chi connectivity index (χ1) is 14.1. The van der Waals surface area contributed by atoms with E-state index >= 15 is 0 Å². The van der Waals surface area contributed by atoms with Gasteiger partial charge in [0.25, 0.3) is 5.91 Å². The third kappa shape index (κ3) is 5.51. The second-order valence-corrected chi connectivity index (χ2v) is 7.80. The van der Waals surface area contributed by atoms with E-state index in [0.29, 0.717) is 25.1 Å². The number of halogens is 1. The van der Waals surface area contributed by atoms with Gasteiger partial charge in [-0.05, 0) is 52.5 Å². The summed E-state index contributed by atoms with van der Waals surface area (Å²) in [6.07, 6.45) is 3.95. The Morgan fingerprint density at radius 1 is 1.07 bits per heavy atom. The van der Waals surface area contributed by atoms with Gasteiger partial charge in [-0.3, -0.25) is 4.79 Å². The number of hydrogen-bond acceptors (Lipinski definition) is 3. The van der Waals surface area contributed by atoms with Crippen molar-refractivity contribution in [3.63, 3.8) is 0 Å². The largest absolute Gasteiger partial charge is 0.508 e. The van der Waals surface area contributed by atoms with Crippen LogP contribution in [0.15, 0.2) is 59.1 Å². The second-order valence-electron chi connectivity index (χ2n) is 7.01. The maximum Gasteiger partial charge on any atom is 0.252 e. The molecular weight excluding hydrogens is 430 g/mol. The smallest absolute Gasteiger partial charge is 0.252 e. The zero-order valence-corrected chi connectivity index (χ0v) is 18.2. The number of hydrogen-bond donors (Lipinski definition) is 2. The number of carbonyl (C=O) groups excluding carboxylic acids is 1. The molecule has 3 rings (SSSR count). The molecule has 0 atom stereocenters. The highest BCUT2D eigenvalue weighted by Gasteiger charge is 2.16. The summed E-state index contributed by atoms with van der Waals surface area (Å²) in [6.45, 7) is 3.31. The fraction of sp³-hybridized carbons (Fsp3) is 0.292. The van der Waals surface area contributed by atoms with E-state index in [1.54, 1.807) is 12.1 Å². The average Bonchev–Trinajstić information content (AvgIpc) is 2.74. The van der Waals surface area contributed by atoms with Crippen LogP contribution in [0.25, 0.3) is 10.8 Å². The minimum absolute atomic E-state index is 0.139. The van der Waals surface area contributed by atoms with Crippen LogP contribution in [0.1, 0.15) is 42.1 Å². The molecule has 3 aromatic carbocycles. The van der Waals surface area contributed by atoms with Crippen LogP contribution in [0.2, 0.25) is 0 Å². The molecule has 0 spiro atoms. The molecule has 0 heterocycles. The van der Waals surface area contributed by atoms with E-state index in [-0.39, 0.29) is 11.7 Å². The zero-order valence-electron chi connectivity index (χ0n) is 16.6. The normalized spacial score (nSPS) is 10.8. The molecule has 0 fully saturated rings. The maximum atomic E-state index is 12.8. The van der Waals surface area contributed by atoms with E-state index < -0.39 is 0 Å². The number of unbranched alkanes of at least 4 members (excludes halogenated alkanes) is 2. The molecule has 0 aliphatic rings. The van der Waals surface area contributed by atoms with Crippen molar-refractivity contribution in [3.8, 4) is 11.5 Å². The number of amides is 1. The summed E-state index contributed by atoms with van der Waals surface area (Å²) < 4.78 is 6.80. The molecule has 0 saturated carbocycles. The van der Waals surface area contributed by atoms with Gasteiger partial charge >= 0.3 is 0 Å². The van der Waals surface area contributed by atoms with Crippen molar-refractivity contribution in [2.24, 2.45) is 0 Å². The molecule has 0 radical (unpaired) electrons. The van der Waals surface area contributed by atoms with Crippen molar-refractivity contribution in [2.45, 2.75) is 32.6 Å². The topological polar surface area (TPSA) is 58.6 Å². The molecule has 4 nitrogen and oxygen atoms in total. The Hall–Kier alpha value is -2.53. The van der Waals surface area contributed by atoms with Gasteiger partial charge in [0.1, 0.15) is 11.5 Å². The fourth-order valence-electron chi connectivity index (χ4n) is 3.20. The SMILES string of the molecule is CCCCCOc1cc(C(=O)NCCc2ccc(O)cc2)c(Br)c2ccccc12. The Morgan fingerprint density at radius 2 is 1.79 bits per heavy atom. The van der Waals surface area contributed by atoms with Gasteiger partial charge < -0.3 is 15.2 Å². The molecule has 0 aliphatic heterocycles. The van der Waals surface area contributed by atoms with E-state index in [9.17, 15) is 9.90 Å². The summed E-state index contributed by atoms with van der Waals surface area (Å²) >= 11 is 3.61. The van der Waals surface area contributed by atoms with E-state index in [2.05, 4.69) is 28.2 Å². The molecule has 5 heteroatoms. The van der Waals surface area contributed by atoms with Crippen LogP contribution in [-0.2, 0) is 6.42 Å². The van der Waals surface area contributed by atoms with Crippen molar-refractivity contribution in [1.29, 1.82) is 0 Å². The van der Waals surface area contributed by atoms with Crippen molar-refractivity contribution >= 4 is 32.6 Å². The van der Waals surface area contributed by atoms with Gasteiger partial charge in [-0.1, -0.05) is 56.2 Å². The van der Waals surface area contributed by atoms with Gasteiger partial charge in [0.15, 0.2) is 0 Å². The lowest BCUT2D eigenvalue weighted by atomic mass is 10.0. The Bertz CT molecular complexity index is 970. The molecule has 0 aromatic heterocycles. The number of rotatable bonds is 9. The van der Waals surface area contributed by atoms with Gasteiger partial charge in [-0.15, -0.1) is 0 Å². The first kappa shape index (κ1) is 21.2. The number of fused-ring (bicyclic) bond motifs is 1. The lowest BCUT2D eigenvalue weighted by molar-refractivity contribution is 0.0953. The molecule has 2 N–H and O–H groups in total. The summed E-state index contributed by atoms with van der Waals surface area (Å²) in [4.78, 5) is 12.8. The van der Waals surface area contributed by atoms with Crippen LogP contribution in [0.3, 0.4) is 0 Å². The molecule has 152 valence electrons. The monoisotopic (exact) mass is 455 g/mol. The summed E-state index contributed by atoms with van der Waals surface area (Å²) in [6, 6.07) is 16.8. The number of aromatic hydroxyl groups is 1. The van der Waals surface area contributed by atoms with Crippen molar-refractivity contribution < 1.29 is 14.6 Å². The van der Waals surface area contributed by atoms with Gasteiger partial charge in [-0.2, -0.15) is 0 Å². The van der Waals surface area contributed by atoms with Crippen LogP contribution in [0, 0.1) is 0 Å². The first-order valence-electron chi connectivity index (χ1n) is 10.00. The van der Waals surface area contributed by atoms with Crippen LogP contribution in [0.4, 0.5) is 0 Å². The predicted octanol–water partition coefficient (Wildman–Crippen LogP) is 5.85. The highest BCUT2D eigenvalue weighted by molar-refractivity contribution is 9.10. The number of ether oxygens (including phenoxy) is 1. The molecule has 1 amide bonds. The molecular formula is C24H26BrNO3. The Kier molecular flexibility index (Phi) is 7.53.